The van der Waals surface area contributed by atoms with Crippen LogP contribution in [0.4, 0.5) is 5.69 Å². The molecule has 2 N–H and O–H groups in total. The summed E-state index contributed by atoms with van der Waals surface area (Å²) in [6, 6.07) is 25.8. The molecule has 3 aromatic carbocycles. The number of amides is 1. The highest BCUT2D eigenvalue weighted by atomic mass is 16.1. The molecule has 1 aromatic heterocycles. The average molecular weight is 480 g/mol. The van der Waals surface area contributed by atoms with Crippen molar-refractivity contribution in [3.63, 3.8) is 0 Å². The van der Waals surface area contributed by atoms with Gasteiger partial charge >= 0.3 is 0 Å². The van der Waals surface area contributed by atoms with Crippen LogP contribution in [0.25, 0.3) is 22.2 Å². The van der Waals surface area contributed by atoms with E-state index in [1.807, 2.05) is 19.9 Å². The molecule has 4 heteroatoms. The van der Waals surface area contributed by atoms with Gasteiger partial charge in [0.2, 0.25) is 5.91 Å². The number of aromatic nitrogens is 1. The Hall–Kier alpha value is -3.37. The van der Waals surface area contributed by atoms with Gasteiger partial charge in [-0.15, -0.1) is 0 Å². The fourth-order valence-electron chi connectivity index (χ4n) is 5.45. The van der Waals surface area contributed by atoms with Crippen LogP contribution in [0.5, 0.6) is 0 Å². The summed E-state index contributed by atoms with van der Waals surface area (Å²) in [6.07, 6.45) is 3.34. The van der Waals surface area contributed by atoms with Crippen LogP contribution < -0.4 is 5.32 Å². The van der Waals surface area contributed by atoms with Crippen LogP contribution in [0, 0.1) is 12.8 Å². The normalized spacial score (nSPS) is 15.0. The van der Waals surface area contributed by atoms with Crippen molar-refractivity contribution in [3.8, 4) is 11.3 Å². The Morgan fingerprint density at radius 2 is 1.75 bits per heavy atom. The zero-order valence-electron chi connectivity index (χ0n) is 21.7. The smallest absolute Gasteiger partial charge is 0.226 e. The molecule has 0 aliphatic carbocycles. The van der Waals surface area contributed by atoms with Crippen molar-refractivity contribution >= 4 is 22.5 Å². The topological polar surface area (TPSA) is 48.1 Å². The van der Waals surface area contributed by atoms with Crippen molar-refractivity contribution in [2.75, 3.05) is 25.0 Å². The van der Waals surface area contributed by atoms with Gasteiger partial charge in [-0.3, -0.25) is 4.79 Å². The Bertz CT molecular complexity index is 1330. The predicted molar refractivity (Wildman–Crippen MR) is 151 cm³/mol. The van der Waals surface area contributed by atoms with E-state index in [1.54, 1.807) is 0 Å². The maximum atomic E-state index is 12.1. The Kier molecular flexibility index (Phi) is 7.24. The van der Waals surface area contributed by atoms with E-state index in [1.165, 1.54) is 38.9 Å². The van der Waals surface area contributed by atoms with Gasteiger partial charge in [-0.05, 0) is 79.6 Å². The predicted octanol–water partition coefficient (Wildman–Crippen LogP) is 7.16. The molecule has 0 radical (unpaired) electrons. The molecule has 4 aromatic rings. The first-order valence-electron chi connectivity index (χ1n) is 13.3. The van der Waals surface area contributed by atoms with Crippen molar-refractivity contribution in [1.82, 2.24) is 9.88 Å². The van der Waals surface area contributed by atoms with Crippen molar-refractivity contribution < 1.29 is 4.79 Å². The van der Waals surface area contributed by atoms with Crippen LogP contribution in [-0.4, -0.2) is 35.4 Å². The first kappa shape index (κ1) is 24.3. The van der Waals surface area contributed by atoms with E-state index in [2.05, 4.69) is 88.9 Å². The largest absolute Gasteiger partial charge is 0.354 e. The number of nitrogens with one attached hydrogen (secondary N) is 2. The fraction of sp³-hybridized carbons (Fsp3) is 0.344. The third-order valence-electron chi connectivity index (χ3n) is 7.63. The second-order valence-electron chi connectivity index (χ2n) is 10.5. The second kappa shape index (κ2) is 10.7. The highest BCUT2D eigenvalue weighted by Gasteiger charge is 2.22. The minimum atomic E-state index is -0.0136. The van der Waals surface area contributed by atoms with E-state index in [0.717, 1.165) is 44.6 Å². The molecule has 2 heterocycles. The number of likely N-dealkylation sites (tertiary alicyclic amines) is 1. The van der Waals surface area contributed by atoms with Crippen molar-refractivity contribution in [1.29, 1.82) is 0 Å². The monoisotopic (exact) mass is 479 g/mol. The first-order valence-corrected chi connectivity index (χ1v) is 13.3. The zero-order chi connectivity index (χ0) is 25.1. The van der Waals surface area contributed by atoms with Gasteiger partial charge in [-0.2, -0.15) is 0 Å². The van der Waals surface area contributed by atoms with Crippen LogP contribution in [0.3, 0.4) is 0 Å². The molecule has 1 aliphatic heterocycles. The number of aryl methyl sites for hydroxylation is 1. The molecule has 0 saturated carbocycles. The Morgan fingerprint density at radius 1 is 1.00 bits per heavy atom. The number of rotatable bonds is 7. The lowest BCUT2D eigenvalue weighted by atomic mass is 9.89. The molecule has 1 saturated heterocycles. The molecule has 0 bridgehead atoms. The molecule has 0 spiro atoms. The van der Waals surface area contributed by atoms with E-state index < -0.39 is 0 Å². The second-order valence-corrected chi connectivity index (χ2v) is 10.5. The Labute approximate surface area is 214 Å². The highest BCUT2D eigenvalue weighted by molar-refractivity contribution is 5.93. The van der Waals surface area contributed by atoms with Gasteiger partial charge in [0.25, 0.3) is 0 Å². The first-order chi connectivity index (χ1) is 17.5. The number of benzene rings is 3. The molecule has 5 rings (SSSR count). The minimum absolute atomic E-state index is 0.0136. The van der Waals surface area contributed by atoms with Gasteiger partial charge in [0.05, 0.1) is 0 Å². The van der Waals surface area contributed by atoms with Gasteiger partial charge in [-0.25, -0.2) is 0 Å². The summed E-state index contributed by atoms with van der Waals surface area (Å²) in [4.78, 5) is 18.5. The Balaban J connectivity index is 1.26. The standard InChI is InChI=1S/C32H37N3O/c1-22(2)32(36)33-27-13-8-12-26(21-27)24-15-18-35(19-16-24)20-17-29-28-14-7-9-23(3)30(28)34-31(29)25-10-5-4-6-11-25/h4-14,21-22,24,34H,15-20H2,1-3H3,(H,33,36). The summed E-state index contributed by atoms with van der Waals surface area (Å²) in [5.41, 5.74) is 8.75. The quantitative estimate of drug-likeness (QED) is 0.295. The molecule has 0 unspecified atom stereocenters. The summed E-state index contributed by atoms with van der Waals surface area (Å²) in [5, 5.41) is 4.40. The number of aromatic amines is 1. The molecule has 1 aliphatic rings. The van der Waals surface area contributed by atoms with Gasteiger partial charge in [0.1, 0.15) is 0 Å². The third-order valence-corrected chi connectivity index (χ3v) is 7.63. The summed E-state index contributed by atoms with van der Waals surface area (Å²) in [7, 11) is 0. The SMILES string of the molecule is Cc1cccc2c(CCN3CCC(c4cccc(NC(=O)C(C)C)c4)CC3)c(-c3ccccc3)[nH]c12. The molecular weight excluding hydrogens is 442 g/mol. The van der Waals surface area contributed by atoms with Crippen molar-refractivity contribution in [3.05, 3.63) is 89.5 Å². The third kappa shape index (κ3) is 5.24. The molecule has 0 atom stereocenters. The van der Waals surface area contributed by atoms with Gasteiger partial charge in [0.15, 0.2) is 0 Å². The van der Waals surface area contributed by atoms with E-state index in [0.29, 0.717) is 5.92 Å². The average Bonchev–Trinajstić information content (AvgIpc) is 3.28. The maximum Gasteiger partial charge on any atom is 0.226 e. The Morgan fingerprint density at radius 3 is 2.50 bits per heavy atom. The van der Waals surface area contributed by atoms with Crippen molar-refractivity contribution in [2.24, 2.45) is 5.92 Å². The minimum Gasteiger partial charge on any atom is -0.354 e. The van der Waals surface area contributed by atoms with Gasteiger partial charge in [0, 0.05) is 34.7 Å². The van der Waals surface area contributed by atoms with Crippen LogP contribution in [0.15, 0.2) is 72.8 Å². The number of para-hydroxylation sites is 1. The van der Waals surface area contributed by atoms with E-state index in [4.69, 9.17) is 0 Å². The van der Waals surface area contributed by atoms with Gasteiger partial charge in [-0.1, -0.05) is 74.5 Å². The summed E-state index contributed by atoms with van der Waals surface area (Å²) < 4.78 is 0. The molecule has 1 amide bonds. The molecular formula is C32H37N3O. The number of anilines is 1. The number of hydrogen-bond acceptors (Lipinski definition) is 2. The van der Waals surface area contributed by atoms with E-state index in [-0.39, 0.29) is 11.8 Å². The molecule has 4 nitrogen and oxygen atoms in total. The number of H-pyrrole nitrogens is 1. The van der Waals surface area contributed by atoms with Crippen LogP contribution in [0.1, 0.15) is 49.3 Å². The van der Waals surface area contributed by atoms with Crippen LogP contribution in [-0.2, 0) is 11.2 Å². The summed E-state index contributed by atoms with van der Waals surface area (Å²) in [5.74, 6) is 0.609. The number of carbonyl (C=O) groups excluding carboxylic acids is 1. The zero-order valence-corrected chi connectivity index (χ0v) is 21.7. The van der Waals surface area contributed by atoms with Crippen LogP contribution >= 0.6 is 0 Å². The fourth-order valence-corrected chi connectivity index (χ4v) is 5.45. The van der Waals surface area contributed by atoms with Crippen molar-refractivity contribution in [2.45, 2.75) is 46.0 Å². The van der Waals surface area contributed by atoms with Crippen LogP contribution in [0.2, 0.25) is 0 Å². The lowest BCUT2D eigenvalue weighted by molar-refractivity contribution is -0.118. The lowest BCUT2D eigenvalue weighted by Crippen LogP contribution is -2.34. The summed E-state index contributed by atoms with van der Waals surface area (Å²) in [6.45, 7) is 9.32. The lowest BCUT2D eigenvalue weighted by Gasteiger charge is -2.32. The van der Waals surface area contributed by atoms with Gasteiger partial charge < -0.3 is 15.2 Å². The summed E-state index contributed by atoms with van der Waals surface area (Å²) >= 11 is 0. The van der Waals surface area contributed by atoms with E-state index in [9.17, 15) is 4.79 Å². The number of hydrogen-bond donors (Lipinski definition) is 2. The maximum absolute atomic E-state index is 12.1. The molecule has 1 fully saturated rings. The number of nitrogens with zero attached hydrogens (tertiary/aromatic N) is 1. The molecule has 36 heavy (non-hydrogen) atoms. The number of fused-ring (bicyclic) bond motifs is 1. The highest BCUT2D eigenvalue weighted by Crippen LogP contribution is 2.34. The van der Waals surface area contributed by atoms with E-state index >= 15 is 0 Å². The molecule has 186 valence electrons. The number of carbonyl (C=O) groups is 1. The number of piperidine rings is 1.